The van der Waals surface area contributed by atoms with Gasteiger partial charge in [-0.3, -0.25) is 15.2 Å². The van der Waals surface area contributed by atoms with Crippen LogP contribution in [-0.4, -0.2) is 26.3 Å². The molecule has 0 bridgehead atoms. The van der Waals surface area contributed by atoms with E-state index in [2.05, 4.69) is 25.7 Å². The van der Waals surface area contributed by atoms with Gasteiger partial charge in [0.2, 0.25) is 5.13 Å². The average Bonchev–Trinajstić information content (AvgIpc) is 2.75. The molecule has 6 nitrogen and oxygen atoms in total. The van der Waals surface area contributed by atoms with Gasteiger partial charge >= 0.3 is 0 Å². The third kappa shape index (κ3) is 1.62. The number of amides is 1. The van der Waals surface area contributed by atoms with E-state index in [1.165, 1.54) is 17.5 Å². The summed E-state index contributed by atoms with van der Waals surface area (Å²) >= 11 is 1.27. The maximum atomic E-state index is 11.6. The Balaban J connectivity index is 2.14. The lowest BCUT2D eigenvalue weighted by atomic mass is 10.2. The lowest BCUT2D eigenvalue weighted by Crippen LogP contribution is -2.12. The number of carbonyl (C=O) groups is 1. The number of anilines is 1. The van der Waals surface area contributed by atoms with Crippen molar-refractivity contribution >= 4 is 22.4 Å². The van der Waals surface area contributed by atoms with Gasteiger partial charge in [-0.2, -0.15) is 5.10 Å². The number of nitrogens with zero attached hydrogens (tertiary/aromatic N) is 3. The molecule has 72 valence electrons. The minimum atomic E-state index is -0.229. The minimum absolute atomic E-state index is 0.229. The van der Waals surface area contributed by atoms with E-state index in [0.717, 1.165) is 5.69 Å². The van der Waals surface area contributed by atoms with Crippen LogP contribution in [0.5, 0.6) is 0 Å². The third-order valence-electron chi connectivity index (χ3n) is 1.66. The molecule has 2 heterocycles. The topological polar surface area (TPSA) is 83.6 Å². The molecule has 0 radical (unpaired) electrons. The summed E-state index contributed by atoms with van der Waals surface area (Å²) < 4.78 is 0. The van der Waals surface area contributed by atoms with Crippen LogP contribution in [0.3, 0.4) is 0 Å². The molecular formula is C7H7N5OS. The van der Waals surface area contributed by atoms with E-state index in [4.69, 9.17) is 0 Å². The Labute approximate surface area is 83.4 Å². The SMILES string of the molecule is Cc1[nH]ncc1C(=O)Nc1nncs1. The summed E-state index contributed by atoms with van der Waals surface area (Å²) in [4.78, 5) is 11.6. The van der Waals surface area contributed by atoms with Crippen LogP contribution in [-0.2, 0) is 0 Å². The number of H-pyrrole nitrogens is 1. The second-order valence-electron chi connectivity index (χ2n) is 2.61. The van der Waals surface area contributed by atoms with Crippen molar-refractivity contribution in [1.82, 2.24) is 20.4 Å². The quantitative estimate of drug-likeness (QED) is 0.767. The molecule has 14 heavy (non-hydrogen) atoms. The fraction of sp³-hybridized carbons (Fsp3) is 0.143. The van der Waals surface area contributed by atoms with Gasteiger partial charge in [-0.15, -0.1) is 10.2 Å². The van der Waals surface area contributed by atoms with Crippen molar-refractivity contribution in [3.05, 3.63) is 23.0 Å². The van der Waals surface area contributed by atoms with Gasteiger partial charge in [0, 0.05) is 5.69 Å². The highest BCUT2D eigenvalue weighted by molar-refractivity contribution is 7.13. The number of hydrogen-bond donors (Lipinski definition) is 2. The lowest BCUT2D eigenvalue weighted by molar-refractivity contribution is 0.102. The maximum absolute atomic E-state index is 11.6. The zero-order valence-corrected chi connectivity index (χ0v) is 8.13. The number of aryl methyl sites for hydroxylation is 1. The predicted molar refractivity (Wildman–Crippen MR) is 51.2 cm³/mol. The van der Waals surface area contributed by atoms with Gasteiger partial charge < -0.3 is 0 Å². The number of aromatic amines is 1. The second kappa shape index (κ2) is 3.54. The van der Waals surface area contributed by atoms with Crippen LogP contribution < -0.4 is 5.32 Å². The third-order valence-corrected chi connectivity index (χ3v) is 2.26. The van der Waals surface area contributed by atoms with Crippen molar-refractivity contribution < 1.29 is 4.79 Å². The van der Waals surface area contributed by atoms with Crippen molar-refractivity contribution in [1.29, 1.82) is 0 Å². The Bertz CT molecular complexity index is 435. The lowest BCUT2D eigenvalue weighted by Gasteiger charge is -1.97. The molecule has 0 aliphatic heterocycles. The summed E-state index contributed by atoms with van der Waals surface area (Å²) in [6, 6.07) is 0. The molecule has 0 atom stereocenters. The van der Waals surface area contributed by atoms with E-state index in [9.17, 15) is 4.79 Å². The van der Waals surface area contributed by atoms with Crippen LogP contribution in [0.25, 0.3) is 0 Å². The van der Waals surface area contributed by atoms with Gasteiger partial charge in [0.15, 0.2) is 0 Å². The summed E-state index contributed by atoms with van der Waals surface area (Å²) in [5.74, 6) is -0.229. The number of aromatic nitrogens is 4. The van der Waals surface area contributed by atoms with E-state index >= 15 is 0 Å². The summed E-state index contributed by atoms with van der Waals surface area (Å²) in [6.07, 6.45) is 1.48. The van der Waals surface area contributed by atoms with Gasteiger partial charge in [-0.1, -0.05) is 11.3 Å². The van der Waals surface area contributed by atoms with Crippen LogP contribution in [0.2, 0.25) is 0 Å². The molecule has 2 aromatic rings. The molecule has 0 fully saturated rings. The molecule has 7 heteroatoms. The summed E-state index contributed by atoms with van der Waals surface area (Å²) in [6.45, 7) is 1.78. The monoisotopic (exact) mass is 209 g/mol. The molecule has 0 aliphatic rings. The minimum Gasteiger partial charge on any atom is -0.296 e. The van der Waals surface area contributed by atoms with Crippen LogP contribution in [0.1, 0.15) is 16.1 Å². The fourth-order valence-electron chi connectivity index (χ4n) is 0.972. The first-order valence-electron chi connectivity index (χ1n) is 3.85. The van der Waals surface area contributed by atoms with Gasteiger partial charge in [0.05, 0.1) is 11.8 Å². The molecule has 0 unspecified atom stereocenters. The normalized spacial score (nSPS) is 10.1. The Kier molecular flexibility index (Phi) is 2.23. The Morgan fingerprint density at radius 3 is 3.07 bits per heavy atom. The molecule has 1 amide bonds. The molecule has 0 aromatic carbocycles. The molecule has 2 aromatic heterocycles. The molecule has 0 saturated carbocycles. The summed E-state index contributed by atoms with van der Waals surface area (Å²) in [5.41, 5.74) is 2.80. The molecule has 0 aliphatic carbocycles. The van der Waals surface area contributed by atoms with Crippen LogP contribution in [0, 0.1) is 6.92 Å². The first-order chi connectivity index (χ1) is 6.77. The standard InChI is InChI=1S/C7H7N5OS/c1-4-5(2-8-11-4)6(13)10-7-12-9-3-14-7/h2-3H,1H3,(H,8,11)(H,10,12,13). The molecule has 0 spiro atoms. The van der Waals surface area contributed by atoms with Crippen molar-refractivity contribution in [2.45, 2.75) is 6.92 Å². The number of carbonyl (C=O) groups excluding carboxylic acids is 1. The van der Waals surface area contributed by atoms with Crippen molar-refractivity contribution in [3.63, 3.8) is 0 Å². The molecule has 0 saturated heterocycles. The fourth-order valence-corrected chi connectivity index (χ4v) is 1.41. The van der Waals surface area contributed by atoms with Gasteiger partial charge in [-0.25, -0.2) is 0 Å². The van der Waals surface area contributed by atoms with Crippen LogP contribution in [0.4, 0.5) is 5.13 Å². The Morgan fingerprint density at radius 2 is 2.50 bits per heavy atom. The van der Waals surface area contributed by atoms with E-state index in [-0.39, 0.29) is 5.91 Å². The zero-order chi connectivity index (χ0) is 9.97. The zero-order valence-electron chi connectivity index (χ0n) is 7.31. The van der Waals surface area contributed by atoms with Crippen LogP contribution >= 0.6 is 11.3 Å². The smallest absolute Gasteiger partial charge is 0.260 e. The summed E-state index contributed by atoms with van der Waals surface area (Å²) in [5, 5.41) is 16.8. The number of rotatable bonds is 2. The second-order valence-corrected chi connectivity index (χ2v) is 3.44. The average molecular weight is 209 g/mol. The first kappa shape index (κ1) is 8.82. The van der Waals surface area contributed by atoms with E-state index < -0.39 is 0 Å². The highest BCUT2D eigenvalue weighted by Gasteiger charge is 2.11. The largest absolute Gasteiger partial charge is 0.296 e. The first-order valence-corrected chi connectivity index (χ1v) is 4.73. The van der Waals surface area contributed by atoms with E-state index in [1.54, 1.807) is 12.4 Å². The van der Waals surface area contributed by atoms with E-state index in [0.29, 0.717) is 10.7 Å². The Morgan fingerprint density at radius 1 is 1.64 bits per heavy atom. The summed E-state index contributed by atoms with van der Waals surface area (Å²) in [7, 11) is 0. The maximum Gasteiger partial charge on any atom is 0.260 e. The van der Waals surface area contributed by atoms with Crippen molar-refractivity contribution in [3.8, 4) is 0 Å². The highest BCUT2D eigenvalue weighted by Crippen LogP contribution is 2.11. The van der Waals surface area contributed by atoms with Gasteiger partial charge in [0.1, 0.15) is 5.51 Å². The molecular weight excluding hydrogens is 202 g/mol. The highest BCUT2D eigenvalue weighted by atomic mass is 32.1. The Hall–Kier alpha value is -1.76. The van der Waals surface area contributed by atoms with Gasteiger partial charge in [-0.05, 0) is 6.92 Å². The van der Waals surface area contributed by atoms with Crippen molar-refractivity contribution in [2.24, 2.45) is 0 Å². The van der Waals surface area contributed by atoms with Crippen molar-refractivity contribution in [2.75, 3.05) is 5.32 Å². The molecule has 2 N–H and O–H groups in total. The van der Waals surface area contributed by atoms with E-state index in [1.807, 2.05) is 0 Å². The predicted octanol–water partition coefficient (Wildman–Crippen LogP) is 0.822. The molecule has 2 rings (SSSR count). The number of hydrogen-bond acceptors (Lipinski definition) is 5. The number of nitrogens with one attached hydrogen (secondary N) is 2. The van der Waals surface area contributed by atoms with Crippen LogP contribution in [0.15, 0.2) is 11.7 Å². The van der Waals surface area contributed by atoms with Gasteiger partial charge in [0.25, 0.3) is 5.91 Å².